The van der Waals surface area contributed by atoms with Crippen molar-refractivity contribution in [1.82, 2.24) is 0 Å². The van der Waals surface area contributed by atoms with E-state index in [1.165, 1.54) is 13.0 Å². The fourth-order valence-corrected chi connectivity index (χ4v) is 2.50. The highest BCUT2D eigenvalue weighted by molar-refractivity contribution is 6.49. The Morgan fingerprint density at radius 2 is 1.87 bits per heavy atom. The van der Waals surface area contributed by atoms with E-state index in [0.717, 1.165) is 0 Å². The normalized spacial score (nSPS) is 13.1. The van der Waals surface area contributed by atoms with Gasteiger partial charge in [0.05, 0.1) is 17.2 Å². The second-order valence-corrected chi connectivity index (χ2v) is 6.07. The standard InChI is InChI=1S/C18H22ClF3O/c1-7-23-13(6)11(4)17(19)15-8-14(10(2)3)9-16(12(15)5)18(20,21)22/h8-10H,6-7H2,1-5H3/b17-11-. The van der Waals surface area contributed by atoms with E-state index in [1.807, 2.05) is 13.8 Å². The maximum absolute atomic E-state index is 13.3. The lowest BCUT2D eigenvalue weighted by Gasteiger charge is -2.19. The van der Waals surface area contributed by atoms with Gasteiger partial charge in [-0.1, -0.05) is 32.0 Å². The van der Waals surface area contributed by atoms with Gasteiger partial charge in [-0.05, 0) is 55.5 Å². The highest BCUT2D eigenvalue weighted by Crippen LogP contribution is 2.39. The lowest BCUT2D eigenvalue weighted by molar-refractivity contribution is -0.138. The molecule has 0 spiro atoms. The van der Waals surface area contributed by atoms with E-state index < -0.39 is 11.7 Å². The van der Waals surface area contributed by atoms with Crippen LogP contribution in [0.3, 0.4) is 0 Å². The smallest absolute Gasteiger partial charge is 0.416 e. The van der Waals surface area contributed by atoms with Crippen molar-refractivity contribution in [3.63, 3.8) is 0 Å². The zero-order valence-electron chi connectivity index (χ0n) is 14.1. The Kier molecular flexibility index (Phi) is 6.34. The van der Waals surface area contributed by atoms with Crippen LogP contribution in [-0.2, 0) is 10.9 Å². The van der Waals surface area contributed by atoms with Crippen LogP contribution < -0.4 is 0 Å². The molecular weight excluding hydrogens is 325 g/mol. The van der Waals surface area contributed by atoms with Crippen LogP contribution in [0.15, 0.2) is 30.0 Å². The lowest BCUT2D eigenvalue weighted by Crippen LogP contribution is -2.11. The molecule has 0 aliphatic carbocycles. The van der Waals surface area contributed by atoms with Crippen molar-refractivity contribution in [2.45, 2.75) is 46.7 Å². The molecule has 0 fully saturated rings. The molecular formula is C18H22ClF3O. The number of hydrogen-bond donors (Lipinski definition) is 0. The maximum atomic E-state index is 13.3. The highest BCUT2D eigenvalue weighted by atomic mass is 35.5. The number of halogens is 4. The van der Waals surface area contributed by atoms with Gasteiger partial charge in [-0.25, -0.2) is 0 Å². The van der Waals surface area contributed by atoms with Crippen LogP contribution in [0.5, 0.6) is 0 Å². The summed E-state index contributed by atoms with van der Waals surface area (Å²) in [5.74, 6) is 0.315. The monoisotopic (exact) mass is 346 g/mol. The van der Waals surface area contributed by atoms with Gasteiger partial charge in [0.25, 0.3) is 0 Å². The Bertz CT molecular complexity index is 628. The van der Waals surface area contributed by atoms with E-state index in [1.54, 1.807) is 19.9 Å². The van der Waals surface area contributed by atoms with Gasteiger partial charge < -0.3 is 4.74 Å². The molecule has 0 aliphatic rings. The molecule has 1 rings (SSSR count). The van der Waals surface area contributed by atoms with Gasteiger partial charge in [-0.15, -0.1) is 0 Å². The van der Waals surface area contributed by atoms with E-state index >= 15 is 0 Å². The van der Waals surface area contributed by atoms with Gasteiger partial charge in [-0.3, -0.25) is 0 Å². The highest BCUT2D eigenvalue weighted by Gasteiger charge is 2.34. The zero-order chi connectivity index (χ0) is 17.9. The van der Waals surface area contributed by atoms with Crippen LogP contribution in [0.2, 0.25) is 0 Å². The fraction of sp³-hybridized carbons (Fsp3) is 0.444. The summed E-state index contributed by atoms with van der Waals surface area (Å²) >= 11 is 6.36. The van der Waals surface area contributed by atoms with Crippen molar-refractivity contribution in [1.29, 1.82) is 0 Å². The Labute approximate surface area is 140 Å². The number of allylic oxidation sites excluding steroid dienone is 1. The third kappa shape index (κ3) is 4.54. The maximum Gasteiger partial charge on any atom is 0.416 e. The summed E-state index contributed by atoms with van der Waals surface area (Å²) in [6.45, 7) is 12.8. The van der Waals surface area contributed by atoms with Crippen LogP contribution in [0.4, 0.5) is 13.2 Å². The van der Waals surface area contributed by atoms with Crippen molar-refractivity contribution >= 4 is 16.6 Å². The van der Waals surface area contributed by atoms with Crippen molar-refractivity contribution in [2.75, 3.05) is 6.61 Å². The van der Waals surface area contributed by atoms with E-state index in [4.69, 9.17) is 16.3 Å². The molecule has 0 aromatic heterocycles. The first-order chi connectivity index (χ1) is 10.5. The summed E-state index contributed by atoms with van der Waals surface area (Å²) in [6, 6.07) is 2.90. The van der Waals surface area contributed by atoms with Gasteiger partial charge >= 0.3 is 6.18 Å². The lowest BCUT2D eigenvalue weighted by atomic mass is 9.92. The average Bonchev–Trinajstić information content (AvgIpc) is 2.44. The first-order valence-electron chi connectivity index (χ1n) is 7.41. The first-order valence-corrected chi connectivity index (χ1v) is 7.79. The third-order valence-corrected chi connectivity index (χ3v) is 4.19. The van der Waals surface area contributed by atoms with Gasteiger partial charge in [-0.2, -0.15) is 13.2 Å². The van der Waals surface area contributed by atoms with Crippen molar-refractivity contribution in [3.8, 4) is 0 Å². The molecule has 1 aromatic carbocycles. The summed E-state index contributed by atoms with van der Waals surface area (Å²) < 4.78 is 45.2. The molecule has 0 saturated carbocycles. The summed E-state index contributed by atoms with van der Waals surface area (Å²) in [5.41, 5.74) is 0.933. The van der Waals surface area contributed by atoms with Gasteiger partial charge in [0, 0.05) is 5.57 Å². The largest absolute Gasteiger partial charge is 0.494 e. The number of rotatable bonds is 5. The molecule has 0 N–H and O–H groups in total. The number of hydrogen-bond acceptors (Lipinski definition) is 1. The van der Waals surface area contributed by atoms with Crippen LogP contribution in [0.25, 0.3) is 5.03 Å². The minimum absolute atomic E-state index is 0.0460. The van der Waals surface area contributed by atoms with Crippen molar-refractivity contribution in [2.24, 2.45) is 0 Å². The second kappa shape index (κ2) is 7.43. The Balaban J connectivity index is 3.61. The van der Waals surface area contributed by atoms with Gasteiger partial charge in [0.15, 0.2) is 0 Å². The average molecular weight is 347 g/mol. The molecule has 0 saturated heterocycles. The molecule has 0 aliphatic heterocycles. The van der Waals surface area contributed by atoms with Crippen molar-refractivity contribution in [3.05, 3.63) is 52.3 Å². The van der Waals surface area contributed by atoms with E-state index in [2.05, 4.69) is 6.58 Å². The predicted molar refractivity (Wildman–Crippen MR) is 89.5 cm³/mol. The third-order valence-electron chi connectivity index (χ3n) is 3.70. The minimum atomic E-state index is -4.42. The molecule has 128 valence electrons. The fourth-order valence-electron chi connectivity index (χ4n) is 2.20. The number of benzene rings is 1. The molecule has 0 heterocycles. The van der Waals surface area contributed by atoms with Crippen molar-refractivity contribution < 1.29 is 17.9 Å². The predicted octanol–water partition coefficient (Wildman–Crippen LogP) is 6.66. The van der Waals surface area contributed by atoms with Crippen LogP contribution >= 0.6 is 11.6 Å². The Morgan fingerprint density at radius 1 is 1.30 bits per heavy atom. The molecule has 0 bridgehead atoms. The minimum Gasteiger partial charge on any atom is -0.494 e. The van der Waals surface area contributed by atoms with Gasteiger partial charge in [0.2, 0.25) is 0 Å². The summed E-state index contributed by atoms with van der Waals surface area (Å²) in [7, 11) is 0. The molecule has 0 radical (unpaired) electrons. The summed E-state index contributed by atoms with van der Waals surface area (Å²) in [5, 5.41) is 0.231. The van der Waals surface area contributed by atoms with E-state index in [-0.39, 0.29) is 16.5 Å². The van der Waals surface area contributed by atoms with E-state index in [0.29, 0.717) is 29.1 Å². The zero-order valence-corrected chi connectivity index (χ0v) is 14.8. The summed E-state index contributed by atoms with van der Waals surface area (Å²) in [6.07, 6.45) is -4.42. The molecule has 0 amide bonds. The number of alkyl halides is 3. The second-order valence-electron chi connectivity index (χ2n) is 5.69. The molecule has 0 atom stereocenters. The summed E-state index contributed by atoms with van der Waals surface area (Å²) in [4.78, 5) is 0. The van der Waals surface area contributed by atoms with Crippen LogP contribution in [0.1, 0.15) is 55.9 Å². The van der Waals surface area contributed by atoms with E-state index in [9.17, 15) is 13.2 Å². The SMILES string of the molecule is C=C(OCC)/C(C)=C(\Cl)c1cc(C(C)C)cc(C(F)(F)F)c1C. The van der Waals surface area contributed by atoms with Crippen LogP contribution in [-0.4, -0.2) is 6.61 Å². The molecule has 0 unspecified atom stereocenters. The van der Waals surface area contributed by atoms with Crippen LogP contribution in [0, 0.1) is 6.92 Å². The number of ether oxygens (including phenoxy) is 1. The molecule has 5 heteroatoms. The Hall–Kier alpha value is -1.42. The van der Waals surface area contributed by atoms with Gasteiger partial charge in [0.1, 0.15) is 5.76 Å². The topological polar surface area (TPSA) is 9.23 Å². The molecule has 1 aromatic rings. The quantitative estimate of drug-likeness (QED) is 0.428. The molecule has 23 heavy (non-hydrogen) atoms. The Morgan fingerprint density at radius 3 is 2.30 bits per heavy atom. The first kappa shape index (κ1) is 19.6. The molecule has 1 nitrogen and oxygen atoms in total.